The predicted molar refractivity (Wildman–Crippen MR) is 77.6 cm³/mol. The molecule has 2 unspecified atom stereocenters. The Kier molecular flexibility index (Phi) is 4.97. The second kappa shape index (κ2) is 6.51. The molecule has 19 heavy (non-hydrogen) atoms. The van der Waals surface area contributed by atoms with E-state index >= 15 is 0 Å². The van der Waals surface area contributed by atoms with Crippen LogP contribution in [-0.4, -0.2) is 11.9 Å². The molecular weight excluding hydrogens is 309 g/mol. The van der Waals surface area contributed by atoms with Crippen molar-refractivity contribution < 1.29 is 9.18 Å². The molecule has 1 amide bonds. The molecule has 0 aliphatic heterocycles. The van der Waals surface area contributed by atoms with Crippen LogP contribution in [0.3, 0.4) is 0 Å². The molecule has 4 heteroatoms. The Labute approximate surface area is 121 Å². The van der Waals surface area contributed by atoms with Gasteiger partial charge < -0.3 is 5.32 Å². The molecule has 0 aromatic heterocycles. The van der Waals surface area contributed by atoms with Crippen molar-refractivity contribution in [2.24, 2.45) is 5.92 Å². The monoisotopic (exact) mass is 327 g/mol. The number of rotatable bonds is 2. The van der Waals surface area contributed by atoms with Gasteiger partial charge in [0.05, 0.1) is 5.56 Å². The van der Waals surface area contributed by atoms with Gasteiger partial charge in [0.2, 0.25) is 0 Å². The molecule has 0 spiro atoms. The van der Waals surface area contributed by atoms with E-state index in [9.17, 15) is 9.18 Å². The van der Waals surface area contributed by atoms with Crippen molar-refractivity contribution in [3.63, 3.8) is 0 Å². The number of halogens is 2. The summed E-state index contributed by atoms with van der Waals surface area (Å²) in [6, 6.07) is 4.40. The first kappa shape index (κ1) is 14.5. The summed E-state index contributed by atoms with van der Waals surface area (Å²) in [5, 5.41) is 3.06. The lowest BCUT2D eigenvalue weighted by atomic mass is 10.0. The summed E-state index contributed by atoms with van der Waals surface area (Å²) < 4.78 is 13.5. The highest BCUT2D eigenvalue weighted by atomic mass is 79.9. The van der Waals surface area contributed by atoms with Crippen LogP contribution in [0, 0.1) is 11.7 Å². The smallest absolute Gasteiger partial charge is 0.252 e. The average Bonchev–Trinajstić information content (AvgIpc) is 2.54. The van der Waals surface area contributed by atoms with Crippen LogP contribution in [0.5, 0.6) is 0 Å². The summed E-state index contributed by atoms with van der Waals surface area (Å²) >= 11 is 3.24. The van der Waals surface area contributed by atoms with Gasteiger partial charge in [0, 0.05) is 10.5 Å². The van der Waals surface area contributed by atoms with Crippen LogP contribution in [-0.2, 0) is 0 Å². The zero-order valence-electron chi connectivity index (χ0n) is 11.1. The molecule has 2 rings (SSSR count). The summed E-state index contributed by atoms with van der Waals surface area (Å²) in [6.45, 7) is 2.26. The maximum absolute atomic E-state index is 13.0. The highest BCUT2D eigenvalue weighted by molar-refractivity contribution is 9.10. The molecule has 1 aliphatic rings. The lowest BCUT2D eigenvalue weighted by molar-refractivity contribution is 0.0932. The van der Waals surface area contributed by atoms with Crippen LogP contribution in [0.4, 0.5) is 4.39 Å². The van der Waals surface area contributed by atoms with Crippen molar-refractivity contribution in [2.75, 3.05) is 0 Å². The Bertz CT molecular complexity index is 463. The summed E-state index contributed by atoms with van der Waals surface area (Å²) in [7, 11) is 0. The van der Waals surface area contributed by atoms with Gasteiger partial charge in [0.25, 0.3) is 5.91 Å². The first-order valence-corrected chi connectivity index (χ1v) is 7.61. The Balaban J connectivity index is 2.00. The Hall–Kier alpha value is -0.900. The molecule has 0 bridgehead atoms. The van der Waals surface area contributed by atoms with Crippen LogP contribution in [0.2, 0.25) is 0 Å². The topological polar surface area (TPSA) is 29.1 Å². The van der Waals surface area contributed by atoms with E-state index in [1.54, 1.807) is 0 Å². The first-order chi connectivity index (χ1) is 9.06. The summed E-state index contributed by atoms with van der Waals surface area (Å²) in [6.07, 6.45) is 5.64. The van der Waals surface area contributed by atoms with E-state index in [0.29, 0.717) is 10.0 Å². The van der Waals surface area contributed by atoms with Crippen LogP contribution in [0.1, 0.15) is 49.4 Å². The molecule has 1 aromatic rings. The molecule has 0 heterocycles. The van der Waals surface area contributed by atoms with Gasteiger partial charge in [-0.15, -0.1) is 0 Å². The molecule has 1 N–H and O–H groups in total. The standard InChI is InChI=1S/C15H19BrFNO/c1-10-3-2-4-12(7-5-10)18-15(19)13-8-6-11(17)9-14(13)16/h6,8-10,12H,2-5,7H2,1H3,(H,18,19). The minimum absolute atomic E-state index is 0.119. The normalized spacial score (nSPS) is 23.7. The van der Waals surface area contributed by atoms with E-state index in [1.165, 1.54) is 24.6 Å². The fourth-order valence-corrected chi connectivity index (χ4v) is 3.10. The Morgan fingerprint density at radius 2 is 2.11 bits per heavy atom. The van der Waals surface area contributed by atoms with Crippen LogP contribution < -0.4 is 5.32 Å². The molecule has 104 valence electrons. The van der Waals surface area contributed by atoms with E-state index in [0.717, 1.165) is 31.6 Å². The molecule has 1 aromatic carbocycles. The number of hydrogen-bond acceptors (Lipinski definition) is 1. The lowest BCUT2D eigenvalue weighted by Gasteiger charge is -2.17. The summed E-state index contributed by atoms with van der Waals surface area (Å²) in [5.41, 5.74) is 0.499. The van der Waals surface area contributed by atoms with Crippen molar-refractivity contribution in [3.05, 3.63) is 34.1 Å². The molecule has 1 fully saturated rings. The predicted octanol–water partition coefficient (Wildman–Crippen LogP) is 4.29. The third-order valence-electron chi connectivity index (χ3n) is 3.77. The molecule has 2 atom stereocenters. The van der Waals surface area contributed by atoms with E-state index in [4.69, 9.17) is 0 Å². The first-order valence-electron chi connectivity index (χ1n) is 6.82. The van der Waals surface area contributed by atoms with Gasteiger partial charge in [-0.3, -0.25) is 4.79 Å². The zero-order chi connectivity index (χ0) is 13.8. The SMILES string of the molecule is CC1CCCC(NC(=O)c2ccc(F)cc2Br)CC1. The Morgan fingerprint density at radius 1 is 1.32 bits per heavy atom. The van der Waals surface area contributed by atoms with Crippen molar-refractivity contribution >= 4 is 21.8 Å². The van der Waals surface area contributed by atoms with E-state index < -0.39 is 0 Å². The van der Waals surface area contributed by atoms with Crippen molar-refractivity contribution in [1.82, 2.24) is 5.32 Å². The third-order valence-corrected chi connectivity index (χ3v) is 4.42. The largest absolute Gasteiger partial charge is 0.349 e. The number of carbonyl (C=O) groups excluding carboxylic acids is 1. The Morgan fingerprint density at radius 3 is 2.84 bits per heavy atom. The quantitative estimate of drug-likeness (QED) is 0.807. The van der Waals surface area contributed by atoms with E-state index in [-0.39, 0.29) is 17.8 Å². The molecular formula is C15H19BrFNO. The van der Waals surface area contributed by atoms with Gasteiger partial charge in [-0.25, -0.2) is 4.39 Å². The molecule has 1 aliphatic carbocycles. The summed E-state index contributed by atoms with van der Waals surface area (Å²) in [5.74, 6) is 0.289. The number of carbonyl (C=O) groups is 1. The second-order valence-electron chi connectivity index (χ2n) is 5.41. The van der Waals surface area contributed by atoms with E-state index in [1.807, 2.05) is 0 Å². The minimum Gasteiger partial charge on any atom is -0.349 e. The van der Waals surface area contributed by atoms with E-state index in [2.05, 4.69) is 28.2 Å². The van der Waals surface area contributed by atoms with Gasteiger partial charge in [-0.05, 0) is 59.3 Å². The molecule has 1 saturated carbocycles. The molecule has 0 radical (unpaired) electrons. The van der Waals surface area contributed by atoms with Gasteiger partial charge in [0.1, 0.15) is 5.82 Å². The number of amides is 1. The highest BCUT2D eigenvalue weighted by Gasteiger charge is 2.19. The van der Waals surface area contributed by atoms with Gasteiger partial charge in [0.15, 0.2) is 0 Å². The summed E-state index contributed by atoms with van der Waals surface area (Å²) in [4.78, 5) is 12.2. The fourth-order valence-electron chi connectivity index (χ4n) is 2.57. The average molecular weight is 328 g/mol. The van der Waals surface area contributed by atoms with Gasteiger partial charge in [-0.1, -0.05) is 19.8 Å². The fraction of sp³-hybridized carbons (Fsp3) is 0.533. The van der Waals surface area contributed by atoms with Gasteiger partial charge in [-0.2, -0.15) is 0 Å². The zero-order valence-corrected chi connectivity index (χ0v) is 12.7. The van der Waals surface area contributed by atoms with Crippen LogP contribution in [0.25, 0.3) is 0 Å². The van der Waals surface area contributed by atoms with Crippen molar-refractivity contribution in [2.45, 2.75) is 45.1 Å². The van der Waals surface area contributed by atoms with Crippen molar-refractivity contribution in [1.29, 1.82) is 0 Å². The second-order valence-corrected chi connectivity index (χ2v) is 6.26. The highest BCUT2D eigenvalue weighted by Crippen LogP contribution is 2.23. The minimum atomic E-state index is -0.341. The molecule has 2 nitrogen and oxygen atoms in total. The van der Waals surface area contributed by atoms with Crippen LogP contribution >= 0.6 is 15.9 Å². The lowest BCUT2D eigenvalue weighted by Crippen LogP contribution is -2.34. The van der Waals surface area contributed by atoms with Gasteiger partial charge >= 0.3 is 0 Å². The maximum Gasteiger partial charge on any atom is 0.252 e. The van der Waals surface area contributed by atoms with Crippen LogP contribution in [0.15, 0.2) is 22.7 Å². The molecule has 0 saturated heterocycles. The third kappa shape index (κ3) is 4.03. The van der Waals surface area contributed by atoms with Crippen molar-refractivity contribution in [3.8, 4) is 0 Å². The number of hydrogen-bond donors (Lipinski definition) is 1. The number of nitrogens with one attached hydrogen (secondary N) is 1. The number of benzene rings is 1. The maximum atomic E-state index is 13.0.